The molecule has 1 aromatic carbocycles. The Kier molecular flexibility index (Phi) is 5.87. The van der Waals surface area contributed by atoms with E-state index in [2.05, 4.69) is 0 Å². The van der Waals surface area contributed by atoms with Crippen molar-refractivity contribution in [1.29, 1.82) is 0 Å². The molecule has 1 aromatic rings. The molecule has 110 valence electrons. The minimum Gasteiger partial charge on any atom is -0.273 e. The third-order valence-corrected chi connectivity index (χ3v) is 4.30. The highest BCUT2D eigenvalue weighted by atomic mass is 35.5. The molecule has 0 radical (unpaired) electrons. The Labute approximate surface area is 133 Å². The van der Waals surface area contributed by atoms with Gasteiger partial charge in [-0.3, -0.25) is 9.59 Å². The topological polar surface area (TPSA) is 37.4 Å². The van der Waals surface area contributed by atoms with Gasteiger partial charge < -0.3 is 0 Å². The first-order valence-electron chi connectivity index (χ1n) is 6.05. The first-order valence-corrected chi connectivity index (χ1v) is 7.40. The normalized spacial score (nSPS) is 12.9. The average Bonchev–Trinajstić information content (AvgIpc) is 2.40. The number of benzene rings is 1. The maximum atomic E-state index is 12.7. The zero-order chi connectivity index (χ0) is 15.5. The van der Waals surface area contributed by atoms with Gasteiger partial charge in [-0.25, -0.2) is 4.90 Å². The first kappa shape index (κ1) is 17.3. The summed E-state index contributed by atoms with van der Waals surface area (Å²) in [5.41, 5.74) is -0.613. The lowest BCUT2D eigenvalue weighted by molar-refractivity contribution is -0.131. The second-order valence-electron chi connectivity index (χ2n) is 4.96. The summed E-state index contributed by atoms with van der Waals surface area (Å²) in [6, 6.07) is 6.62. The average molecular weight is 337 g/mol. The number of carbonyl (C=O) groups excluding carboxylic acids is 2. The van der Waals surface area contributed by atoms with Gasteiger partial charge in [0.05, 0.1) is 16.1 Å². The highest BCUT2D eigenvalue weighted by molar-refractivity contribution is 6.38. The lowest BCUT2D eigenvalue weighted by atomic mass is 9.87. The van der Waals surface area contributed by atoms with Crippen molar-refractivity contribution in [2.75, 3.05) is 10.8 Å². The lowest BCUT2D eigenvalue weighted by Gasteiger charge is -2.32. The summed E-state index contributed by atoms with van der Waals surface area (Å²) in [7, 11) is 0. The van der Waals surface area contributed by atoms with E-state index in [0.29, 0.717) is 10.7 Å². The highest BCUT2D eigenvalue weighted by Crippen LogP contribution is 2.33. The van der Waals surface area contributed by atoms with Crippen LogP contribution in [0.1, 0.15) is 20.8 Å². The number of imide groups is 1. The number of para-hydroxylation sites is 1. The van der Waals surface area contributed by atoms with Crippen molar-refractivity contribution in [2.45, 2.75) is 26.1 Å². The maximum Gasteiger partial charge on any atom is 0.248 e. The van der Waals surface area contributed by atoms with Crippen molar-refractivity contribution in [3.8, 4) is 0 Å². The molecule has 1 atom stereocenters. The summed E-state index contributed by atoms with van der Waals surface area (Å²) in [4.78, 5) is 25.7. The minimum absolute atomic E-state index is 0.303. The number of halogens is 3. The van der Waals surface area contributed by atoms with Crippen LogP contribution in [0.25, 0.3) is 0 Å². The number of rotatable bonds is 4. The number of alkyl halides is 2. The minimum atomic E-state index is -0.928. The number of hydrogen-bond acceptors (Lipinski definition) is 2. The monoisotopic (exact) mass is 335 g/mol. The van der Waals surface area contributed by atoms with E-state index in [1.165, 1.54) is 0 Å². The van der Waals surface area contributed by atoms with Gasteiger partial charge in [-0.05, 0) is 32.9 Å². The van der Waals surface area contributed by atoms with Crippen LogP contribution in [-0.2, 0) is 9.59 Å². The van der Waals surface area contributed by atoms with Crippen LogP contribution in [0.5, 0.6) is 0 Å². The van der Waals surface area contributed by atoms with Gasteiger partial charge in [0.25, 0.3) is 0 Å². The predicted molar refractivity (Wildman–Crippen MR) is 83.8 cm³/mol. The quantitative estimate of drug-likeness (QED) is 0.777. The van der Waals surface area contributed by atoms with E-state index < -0.39 is 22.6 Å². The van der Waals surface area contributed by atoms with Gasteiger partial charge >= 0.3 is 0 Å². The molecule has 0 fully saturated rings. The molecule has 20 heavy (non-hydrogen) atoms. The van der Waals surface area contributed by atoms with Gasteiger partial charge in [-0.1, -0.05) is 23.7 Å². The predicted octanol–water partition coefficient (Wildman–Crippen LogP) is 4.09. The third-order valence-electron chi connectivity index (χ3n) is 3.21. The van der Waals surface area contributed by atoms with E-state index in [1.54, 1.807) is 45.0 Å². The number of nitrogens with zero attached hydrogens (tertiary/aromatic N) is 1. The Bertz CT molecular complexity index is 515. The molecule has 6 heteroatoms. The molecule has 2 amide bonds. The van der Waals surface area contributed by atoms with Crippen molar-refractivity contribution >= 4 is 52.3 Å². The van der Waals surface area contributed by atoms with Crippen molar-refractivity contribution < 1.29 is 9.59 Å². The van der Waals surface area contributed by atoms with Gasteiger partial charge in [-0.2, -0.15) is 0 Å². The van der Waals surface area contributed by atoms with Gasteiger partial charge in [0.15, 0.2) is 0 Å². The SMILES string of the molecule is CC(Cl)C(C)(C)C(=O)N(C(=O)CCl)c1ccccc1Cl. The van der Waals surface area contributed by atoms with Crippen molar-refractivity contribution in [3.05, 3.63) is 29.3 Å². The van der Waals surface area contributed by atoms with Crippen LogP contribution in [0.4, 0.5) is 5.69 Å². The maximum absolute atomic E-state index is 12.7. The largest absolute Gasteiger partial charge is 0.273 e. The molecule has 1 unspecified atom stereocenters. The van der Waals surface area contributed by atoms with Crippen LogP contribution in [0.3, 0.4) is 0 Å². The molecule has 0 saturated heterocycles. The summed E-state index contributed by atoms with van der Waals surface area (Å²) in [6.45, 7) is 5.06. The molecule has 0 aliphatic heterocycles. The van der Waals surface area contributed by atoms with Crippen LogP contribution < -0.4 is 4.90 Å². The zero-order valence-corrected chi connectivity index (χ0v) is 13.8. The van der Waals surface area contributed by atoms with E-state index in [-0.39, 0.29) is 5.88 Å². The molecule has 1 rings (SSSR count). The van der Waals surface area contributed by atoms with E-state index in [9.17, 15) is 9.59 Å². The van der Waals surface area contributed by atoms with E-state index in [0.717, 1.165) is 4.90 Å². The summed E-state index contributed by atoms with van der Waals surface area (Å²) < 4.78 is 0. The summed E-state index contributed by atoms with van der Waals surface area (Å²) >= 11 is 17.7. The molecule has 0 aliphatic rings. The van der Waals surface area contributed by atoms with E-state index in [1.807, 2.05) is 0 Å². The summed E-state index contributed by atoms with van der Waals surface area (Å²) in [5.74, 6) is -1.28. The molecule has 0 aliphatic carbocycles. The fourth-order valence-corrected chi connectivity index (χ4v) is 1.94. The molecule has 0 bridgehead atoms. The fourth-order valence-electron chi connectivity index (χ4n) is 1.51. The molecular weight excluding hydrogens is 321 g/mol. The second-order valence-corrected chi connectivity index (χ2v) is 6.29. The smallest absolute Gasteiger partial charge is 0.248 e. The van der Waals surface area contributed by atoms with Crippen molar-refractivity contribution in [1.82, 2.24) is 0 Å². The Balaban J connectivity index is 3.32. The van der Waals surface area contributed by atoms with Crippen LogP contribution in [0.2, 0.25) is 5.02 Å². The number of amides is 2. The molecule has 3 nitrogen and oxygen atoms in total. The Hall–Kier alpha value is -0.770. The van der Waals surface area contributed by atoms with Crippen LogP contribution in [0.15, 0.2) is 24.3 Å². The zero-order valence-electron chi connectivity index (χ0n) is 11.5. The Morgan fingerprint density at radius 3 is 2.30 bits per heavy atom. The number of hydrogen-bond donors (Lipinski definition) is 0. The third kappa shape index (κ3) is 3.46. The van der Waals surface area contributed by atoms with E-state index >= 15 is 0 Å². The molecule has 0 spiro atoms. The number of anilines is 1. The standard InChI is InChI=1S/C14H16Cl3NO2/c1-9(16)14(2,3)13(20)18(12(19)8-15)11-7-5-4-6-10(11)17/h4-7,9H,8H2,1-3H3. The Morgan fingerprint density at radius 1 is 1.30 bits per heavy atom. The molecule has 0 saturated carbocycles. The second kappa shape index (κ2) is 6.79. The Morgan fingerprint density at radius 2 is 1.85 bits per heavy atom. The van der Waals surface area contributed by atoms with Gasteiger partial charge in [-0.15, -0.1) is 23.2 Å². The van der Waals surface area contributed by atoms with Crippen LogP contribution in [-0.4, -0.2) is 23.1 Å². The van der Waals surface area contributed by atoms with Crippen LogP contribution in [0, 0.1) is 5.41 Å². The molecule has 0 N–H and O–H groups in total. The molecule has 0 heterocycles. The molecular formula is C14H16Cl3NO2. The van der Waals surface area contributed by atoms with Gasteiger partial charge in [0.1, 0.15) is 5.88 Å². The fraction of sp³-hybridized carbons (Fsp3) is 0.429. The molecule has 0 aromatic heterocycles. The number of carbonyl (C=O) groups is 2. The van der Waals surface area contributed by atoms with Gasteiger partial charge in [0.2, 0.25) is 11.8 Å². The van der Waals surface area contributed by atoms with Gasteiger partial charge in [0, 0.05) is 5.38 Å². The van der Waals surface area contributed by atoms with Crippen molar-refractivity contribution in [2.24, 2.45) is 5.41 Å². The highest BCUT2D eigenvalue weighted by Gasteiger charge is 2.39. The van der Waals surface area contributed by atoms with Crippen LogP contribution >= 0.6 is 34.8 Å². The summed E-state index contributed by atoms with van der Waals surface area (Å²) in [5, 5.41) is -0.152. The van der Waals surface area contributed by atoms with Crippen molar-refractivity contribution in [3.63, 3.8) is 0 Å². The first-order chi connectivity index (χ1) is 9.23. The van der Waals surface area contributed by atoms with E-state index in [4.69, 9.17) is 34.8 Å². The lowest BCUT2D eigenvalue weighted by Crippen LogP contribution is -2.48. The summed E-state index contributed by atoms with van der Waals surface area (Å²) in [6.07, 6.45) is 0.